The molecule has 2 aromatic carbocycles. The van der Waals surface area contributed by atoms with E-state index in [2.05, 4.69) is 75.1 Å². The van der Waals surface area contributed by atoms with Crippen molar-refractivity contribution in [1.82, 2.24) is 4.90 Å². The van der Waals surface area contributed by atoms with Crippen molar-refractivity contribution < 1.29 is 9.53 Å². The number of morpholine rings is 1. The van der Waals surface area contributed by atoms with E-state index in [0.29, 0.717) is 13.2 Å². The number of benzene rings is 2. The average Bonchev–Trinajstić information content (AvgIpc) is 3.27. The van der Waals surface area contributed by atoms with Crippen molar-refractivity contribution in [3.63, 3.8) is 0 Å². The zero-order valence-corrected chi connectivity index (χ0v) is 26.0. The van der Waals surface area contributed by atoms with E-state index < -0.39 is 5.54 Å². The summed E-state index contributed by atoms with van der Waals surface area (Å²) >= 11 is 0. The van der Waals surface area contributed by atoms with E-state index in [1.807, 2.05) is 0 Å². The quantitative estimate of drug-likeness (QED) is 0.146. The summed E-state index contributed by atoms with van der Waals surface area (Å²) in [5, 5.41) is 0. The van der Waals surface area contributed by atoms with Gasteiger partial charge in [0.05, 0.1) is 18.8 Å². The monoisotopic (exact) mass is 545 g/mol. The summed E-state index contributed by atoms with van der Waals surface area (Å²) in [6.45, 7) is 11.9. The number of nitrogens with zero attached hydrogens (tertiary/aromatic N) is 1. The molecule has 2 aliphatic rings. The Morgan fingerprint density at radius 3 is 1.93 bits per heavy atom. The lowest BCUT2D eigenvalue weighted by Crippen LogP contribution is -2.54. The van der Waals surface area contributed by atoms with E-state index in [-0.39, 0.29) is 11.2 Å². The van der Waals surface area contributed by atoms with Crippen molar-refractivity contribution in [2.45, 2.75) is 129 Å². The average molecular weight is 546 g/mol. The minimum absolute atomic E-state index is 0.0746. The molecule has 0 atom stereocenters. The van der Waals surface area contributed by atoms with Gasteiger partial charge in [-0.2, -0.15) is 0 Å². The van der Waals surface area contributed by atoms with E-state index in [4.69, 9.17) is 4.74 Å². The van der Waals surface area contributed by atoms with Crippen LogP contribution in [0.3, 0.4) is 0 Å². The summed E-state index contributed by atoms with van der Waals surface area (Å²) in [5.41, 5.74) is 5.79. The topological polar surface area (TPSA) is 29.5 Å². The molecule has 1 saturated heterocycles. The molecule has 3 heteroatoms. The lowest BCUT2D eigenvalue weighted by atomic mass is 9.68. The summed E-state index contributed by atoms with van der Waals surface area (Å²) in [4.78, 5) is 16.9. The van der Waals surface area contributed by atoms with Crippen LogP contribution in [0.15, 0.2) is 42.5 Å². The van der Waals surface area contributed by atoms with E-state index in [1.165, 1.54) is 99.3 Å². The van der Waals surface area contributed by atoms with Gasteiger partial charge in [-0.15, -0.1) is 0 Å². The van der Waals surface area contributed by atoms with Crippen molar-refractivity contribution in [3.05, 3.63) is 59.2 Å². The number of carbonyl (C=O) groups excluding carboxylic acids is 1. The Hall–Kier alpha value is -1.97. The van der Waals surface area contributed by atoms with E-state index in [9.17, 15) is 4.79 Å². The second-order valence-electron chi connectivity index (χ2n) is 12.9. The lowest BCUT2D eigenvalue weighted by Gasteiger charge is -2.41. The first-order valence-corrected chi connectivity index (χ1v) is 16.6. The molecule has 220 valence electrons. The first-order valence-electron chi connectivity index (χ1n) is 16.6. The smallest absolute Gasteiger partial charge is 0.182 e. The zero-order chi connectivity index (χ0) is 28.4. The molecule has 40 heavy (non-hydrogen) atoms. The Bertz CT molecular complexity index is 1070. The summed E-state index contributed by atoms with van der Waals surface area (Å²) in [6, 6.07) is 15.7. The highest BCUT2D eigenvalue weighted by atomic mass is 16.5. The normalized spacial score (nSPS) is 16.6. The molecule has 0 spiro atoms. The van der Waals surface area contributed by atoms with Crippen LogP contribution < -0.4 is 0 Å². The number of rotatable bonds is 17. The molecule has 0 radical (unpaired) electrons. The molecule has 0 unspecified atom stereocenters. The number of Topliss-reactive ketones (excluding diaryl/α,β-unsaturated/α-hetero) is 1. The Morgan fingerprint density at radius 1 is 0.750 bits per heavy atom. The van der Waals surface area contributed by atoms with Crippen LogP contribution >= 0.6 is 0 Å². The zero-order valence-electron chi connectivity index (χ0n) is 26.0. The number of ketones is 1. The largest absolute Gasteiger partial charge is 0.379 e. The third-order valence-electron chi connectivity index (χ3n) is 9.79. The predicted octanol–water partition coefficient (Wildman–Crippen LogP) is 9.75. The molecular formula is C37H55NO2. The first-order chi connectivity index (χ1) is 19.5. The van der Waals surface area contributed by atoms with Crippen molar-refractivity contribution in [3.8, 4) is 11.1 Å². The fourth-order valence-corrected chi connectivity index (χ4v) is 7.41. The second kappa shape index (κ2) is 14.8. The number of carbonyl (C=O) groups is 1. The molecule has 0 aromatic heterocycles. The van der Waals surface area contributed by atoms with Gasteiger partial charge in [-0.05, 0) is 48.9 Å². The number of ether oxygens (including phenoxy) is 1. The summed E-state index contributed by atoms with van der Waals surface area (Å²) < 4.78 is 5.64. The number of unbranched alkanes of at least 4 members (excludes halogenated alkanes) is 10. The molecule has 4 rings (SSSR count). The maximum Gasteiger partial charge on any atom is 0.182 e. The van der Waals surface area contributed by atoms with Crippen LogP contribution in [0, 0.1) is 0 Å². The molecular weight excluding hydrogens is 490 g/mol. The SMILES string of the molecule is CCCCCCCCC1(CCCCCCCC)c2ccccc2-c2cccc(C(=O)C(C)(C)N3CCOCC3)c21. The van der Waals surface area contributed by atoms with Crippen molar-refractivity contribution in [1.29, 1.82) is 0 Å². The molecule has 0 saturated carbocycles. The van der Waals surface area contributed by atoms with E-state index in [1.54, 1.807) is 0 Å². The van der Waals surface area contributed by atoms with Gasteiger partial charge in [0.15, 0.2) is 5.78 Å². The van der Waals surface area contributed by atoms with Gasteiger partial charge in [-0.1, -0.05) is 133 Å². The van der Waals surface area contributed by atoms with Gasteiger partial charge in [-0.3, -0.25) is 9.69 Å². The van der Waals surface area contributed by atoms with Crippen molar-refractivity contribution in [2.24, 2.45) is 0 Å². The molecule has 2 aromatic rings. The fourth-order valence-electron chi connectivity index (χ4n) is 7.41. The van der Waals surface area contributed by atoms with Gasteiger partial charge in [0, 0.05) is 24.1 Å². The van der Waals surface area contributed by atoms with Crippen molar-refractivity contribution in [2.75, 3.05) is 26.3 Å². The van der Waals surface area contributed by atoms with Gasteiger partial charge in [-0.25, -0.2) is 0 Å². The third kappa shape index (κ3) is 6.73. The van der Waals surface area contributed by atoms with Crippen LogP contribution in [0.5, 0.6) is 0 Å². The van der Waals surface area contributed by atoms with Gasteiger partial charge >= 0.3 is 0 Å². The Morgan fingerprint density at radius 2 is 1.30 bits per heavy atom. The minimum Gasteiger partial charge on any atom is -0.379 e. The fraction of sp³-hybridized carbons (Fsp3) is 0.649. The van der Waals surface area contributed by atoms with E-state index >= 15 is 0 Å². The van der Waals surface area contributed by atoms with E-state index in [0.717, 1.165) is 31.5 Å². The highest BCUT2D eigenvalue weighted by Crippen LogP contribution is 2.55. The molecule has 1 heterocycles. The highest BCUT2D eigenvalue weighted by molar-refractivity contribution is 6.06. The highest BCUT2D eigenvalue weighted by Gasteiger charge is 2.46. The van der Waals surface area contributed by atoms with Gasteiger partial charge in [0.1, 0.15) is 0 Å². The van der Waals surface area contributed by atoms with Crippen LogP contribution in [-0.4, -0.2) is 42.5 Å². The molecule has 1 fully saturated rings. The van der Waals surface area contributed by atoms with Gasteiger partial charge in [0.2, 0.25) is 0 Å². The molecule has 0 amide bonds. The maximum absolute atomic E-state index is 14.6. The number of fused-ring (bicyclic) bond motifs is 3. The van der Waals surface area contributed by atoms with Gasteiger partial charge < -0.3 is 4.74 Å². The van der Waals surface area contributed by atoms with Crippen LogP contribution in [0.1, 0.15) is 139 Å². The summed E-state index contributed by atoms with van der Waals surface area (Å²) in [6.07, 6.45) is 17.9. The number of hydrogen-bond donors (Lipinski definition) is 0. The Labute approximate surface area is 245 Å². The van der Waals surface area contributed by atoms with Crippen LogP contribution in [0.25, 0.3) is 11.1 Å². The first kappa shape index (κ1) is 31.0. The third-order valence-corrected chi connectivity index (χ3v) is 9.79. The summed E-state index contributed by atoms with van der Waals surface area (Å²) in [7, 11) is 0. The van der Waals surface area contributed by atoms with Crippen LogP contribution in [-0.2, 0) is 10.2 Å². The molecule has 0 N–H and O–H groups in total. The summed E-state index contributed by atoms with van der Waals surface area (Å²) in [5.74, 6) is 0.273. The molecule has 0 bridgehead atoms. The van der Waals surface area contributed by atoms with Crippen LogP contribution in [0.4, 0.5) is 0 Å². The second-order valence-corrected chi connectivity index (χ2v) is 12.9. The lowest BCUT2D eigenvalue weighted by molar-refractivity contribution is -0.00436. The molecule has 3 nitrogen and oxygen atoms in total. The standard InChI is InChI=1S/C37H55NO2/c1-5-7-9-11-13-17-24-37(25-18-14-12-10-8-6-2)33-23-16-15-20-30(33)31-21-19-22-32(34(31)37)35(39)36(3,4)38-26-28-40-29-27-38/h15-16,19-23H,5-14,17-18,24-29H2,1-4H3. The Balaban J connectivity index is 1.71. The number of hydrogen-bond acceptors (Lipinski definition) is 3. The molecule has 1 aliphatic heterocycles. The Kier molecular flexibility index (Phi) is 11.4. The maximum atomic E-state index is 14.6. The predicted molar refractivity (Wildman–Crippen MR) is 169 cm³/mol. The van der Waals surface area contributed by atoms with Crippen LogP contribution in [0.2, 0.25) is 0 Å². The minimum atomic E-state index is -0.556. The van der Waals surface area contributed by atoms with Gasteiger partial charge in [0.25, 0.3) is 0 Å². The molecule has 1 aliphatic carbocycles. The van der Waals surface area contributed by atoms with Crippen molar-refractivity contribution >= 4 is 5.78 Å².